The molecule has 1 aliphatic heterocycles. The first-order valence-electron chi connectivity index (χ1n) is 12.1. The third-order valence-electron chi connectivity index (χ3n) is 6.82. The van der Waals surface area contributed by atoms with E-state index >= 15 is 0 Å². The fraction of sp³-hybridized carbons (Fsp3) is 0.333. The van der Waals surface area contributed by atoms with Crippen LogP contribution in [0.1, 0.15) is 25.6 Å². The van der Waals surface area contributed by atoms with E-state index in [2.05, 4.69) is 75.4 Å². The summed E-state index contributed by atoms with van der Waals surface area (Å²) in [5, 5.41) is 0. The fourth-order valence-electron chi connectivity index (χ4n) is 4.82. The van der Waals surface area contributed by atoms with Crippen molar-refractivity contribution < 1.29 is 4.74 Å². The molecule has 2 aromatic heterocycles. The van der Waals surface area contributed by atoms with Gasteiger partial charge in [-0.25, -0.2) is 9.97 Å². The molecule has 7 heteroatoms. The number of allylic oxidation sites excluding steroid dienone is 3. The van der Waals surface area contributed by atoms with E-state index in [4.69, 9.17) is 14.7 Å². The number of hydrogen-bond donors (Lipinski definition) is 2. The topological polar surface area (TPSA) is 73.1 Å². The molecule has 2 aliphatic rings. The van der Waals surface area contributed by atoms with Crippen LogP contribution in [-0.2, 0) is 4.74 Å². The number of fused-ring (bicyclic) bond motifs is 2. The summed E-state index contributed by atoms with van der Waals surface area (Å²) in [6.07, 6.45) is 6.02. The van der Waals surface area contributed by atoms with Crippen LogP contribution in [0.2, 0.25) is 0 Å². The molecule has 0 amide bonds. The maximum Gasteiger partial charge on any atom is 0.138 e. The predicted octanol–water partition coefficient (Wildman–Crippen LogP) is 4.96. The van der Waals surface area contributed by atoms with E-state index in [1.807, 2.05) is 6.92 Å². The van der Waals surface area contributed by atoms with E-state index in [1.54, 1.807) is 0 Å². The standard InChI is InChI=1S/C27H30N6O/c1-3-34-21-8-4-18(5-9-21)26-28-22-10-6-19(16-24(22)30-26)27-29-23-11-7-20(17-25(23)31-27)33-14-12-32(2)13-15-33/h4,6-7,9-11,16-17H,3,5,8,12-15H2,1-2H3,(H,28,30)(H,29,31). The van der Waals surface area contributed by atoms with Crippen molar-refractivity contribution in [2.45, 2.75) is 19.8 Å². The number of likely N-dealkylation sites (N-methyl/N-ethyl adjacent to an activating group) is 1. The van der Waals surface area contributed by atoms with Crippen molar-refractivity contribution in [2.24, 2.45) is 0 Å². The molecule has 0 atom stereocenters. The van der Waals surface area contributed by atoms with Crippen LogP contribution in [0.25, 0.3) is 39.0 Å². The molecule has 2 aromatic carbocycles. The zero-order valence-electron chi connectivity index (χ0n) is 19.8. The Hall–Kier alpha value is -3.58. The van der Waals surface area contributed by atoms with Gasteiger partial charge in [0.1, 0.15) is 11.6 Å². The Bertz CT molecular complexity index is 1400. The van der Waals surface area contributed by atoms with Gasteiger partial charge in [0.15, 0.2) is 0 Å². The summed E-state index contributed by atoms with van der Waals surface area (Å²) >= 11 is 0. The van der Waals surface area contributed by atoms with Crippen molar-refractivity contribution in [3.8, 4) is 11.4 Å². The normalized spacial score (nSPS) is 17.3. The van der Waals surface area contributed by atoms with Crippen LogP contribution in [0.15, 0.2) is 54.3 Å². The highest BCUT2D eigenvalue weighted by molar-refractivity contribution is 5.86. The molecule has 3 heterocycles. The first-order valence-corrected chi connectivity index (χ1v) is 12.1. The van der Waals surface area contributed by atoms with Crippen molar-refractivity contribution >= 4 is 33.3 Å². The Morgan fingerprint density at radius 1 is 0.853 bits per heavy atom. The molecule has 34 heavy (non-hydrogen) atoms. The quantitative estimate of drug-likeness (QED) is 0.446. The predicted molar refractivity (Wildman–Crippen MR) is 138 cm³/mol. The molecular weight excluding hydrogens is 424 g/mol. The number of aromatic amines is 2. The van der Waals surface area contributed by atoms with Crippen LogP contribution in [0.4, 0.5) is 5.69 Å². The number of rotatable bonds is 5. The molecule has 7 nitrogen and oxygen atoms in total. The number of hydrogen-bond acceptors (Lipinski definition) is 5. The van der Waals surface area contributed by atoms with Crippen LogP contribution in [0.5, 0.6) is 0 Å². The lowest BCUT2D eigenvalue weighted by Gasteiger charge is -2.34. The second kappa shape index (κ2) is 8.65. The first kappa shape index (κ1) is 21.0. The van der Waals surface area contributed by atoms with Crippen LogP contribution >= 0.6 is 0 Å². The summed E-state index contributed by atoms with van der Waals surface area (Å²) in [6, 6.07) is 12.8. The van der Waals surface area contributed by atoms with Crippen molar-refractivity contribution in [2.75, 3.05) is 44.7 Å². The molecule has 1 aliphatic carbocycles. The number of benzene rings is 2. The fourth-order valence-corrected chi connectivity index (χ4v) is 4.82. The lowest BCUT2D eigenvalue weighted by Crippen LogP contribution is -2.44. The highest BCUT2D eigenvalue weighted by Gasteiger charge is 2.16. The third-order valence-corrected chi connectivity index (χ3v) is 6.82. The molecular formula is C27H30N6O. The SMILES string of the molecule is CCOC1=CCC(c2nc3ccc(-c4nc5ccc(N6CCN(C)CC6)cc5[nH]4)cc3[nH]2)=CC1. The zero-order valence-corrected chi connectivity index (χ0v) is 19.8. The number of H-pyrrole nitrogens is 2. The van der Waals surface area contributed by atoms with Gasteiger partial charge in [-0.3, -0.25) is 0 Å². The Kier molecular flexibility index (Phi) is 5.34. The second-order valence-electron chi connectivity index (χ2n) is 9.14. The molecule has 1 fully saturated rings. The van der Waals surface area contributed by atoms with Crippen molar-refractivity contribution in [1.82, 2.24) is 24.8 Å². The average molecular weight is 455 g/mol. The molecule has 0 radical (unpaired) electrons. The van der Waals surface area contributed by atoms with Crippen molar-refractivity contribution in [1.29, 1.82) is 0 Å². The summed E-state index contributed by atoms with van der Waals surface area (Å²) in [5.74, 6) is 2.86. The number of piperazine rings is 1. The van der Waals surface area contributed by atoms with Gasteiger partial charge in [-0.2, -0.15) is 0 Å². The van der Waals surface area contributed by atoms with Gasteiger partial charge >= 0.3 is 0 Å². The largest absolute Gasteiger partial charge is 0.498 e. The minimum atomic E-state index is 0.710. The molecule has 2 N–H and O–H groups in total. The third kappa shape index (κ3) is 3.96. The highest BCUT2D eigenvalue weighted by Crippen LogP contribution is 2.29. The number of imidazole rings is 2. The molecule has 0 unspecified atom stereocenters. The summed E-state index contributed by atoms with van der Waals surface area (Å²) in [6.45, 7) is 7.04. The smallest absolute Gasteiger partial charge is 0.138 e. The summed E-state index contributed by atoms with van der Waals surface area (Å²) in [5.41, 5.74) is 7.56. The zero-order chi connectivity index (χ0) is 23.1. The lowest BCUT2D eigenvalue weighted by molar-refractivity contribution is 0.222. The number of anilines is 1. The summed E-state index contributed by atoms with van der Waals surface area (Å²) < 4.78 is 5.63. The maximum absolute atomic E-state index is 5.63. The molecule has 4 aromatic rings. The summed E-state index contributed by atoms with van der Waals surface area (Å²) in [7, 11) is 2.18. The van der Waals surface area contributed by atoms with Gasteiger partial charge in [0.2, 0.25) is 0 Å². The maximum atomic E-state index is 5.63. The molecule has 0 spiro atoms. The van der Waals surface area contributed by atoms with Crippen molar-refractivity contribution in [3.63, 3.8) is 0 Å². The number of aromatic nitrogens is 4. The van der Waals surface area contributed by atoms with Crippen LogP contribution < -0.4 is 4.90 Å². The highest BCUT2D eigenvalue weighted by atomic mass is 16.5. The van der Waals surface area contributed by atoms with Gasteiger partial charge in [0, 0.05) is 43.9 Å². The summed E-state index contributed by atoms with van der Waals surface area (Å²) in [4.78, 5) is 21.6. The Balaban J connectivity index is 1.25. The Labute approximate surface area is 199 Å². The van der Waals surface area contributed by atoms with Gasteiger partial charge in [0.05, 0.1) is 34.4 Å². The number of ether oxygens (including phenoxy) is 1. The van der Waals surface area contributed by atoms with Crippen molar-refractivity contribution in [3.05, 3.63) is 60.1 Å². The average Bonchev–Trinajstić information content (AvgIpc) is 3.48. The number of nitrogens with one attached hydrogen (secondary N) is 2. The van der Waals surface area contributed by atoms with Gasteiger partial charge in [-0.15, -0.1) is 0 Å². The van der Waals surface area contributed by atoms with E-state index in [-0.39, 0.29) is 0 Å². The first-order chi connectivity index (χ1) is 16.7. The van der Waals surface area contributed by atoms with Crippen LogP contribution in [-0.4, -0.2) is 64.7 Å². The van der Waals surface area contributed by atoms with E-state index in [0.29, 0.717) is 6.61 Å². The van der Waals surface area contributed by atoms with E-state index in [0.717, 1.165) is 84.1 Å². The van der Waals surface area contributed by atoms with Gasteiger partial charge < -0.3 is 24.5 Å². The van der Waals surface area contributed by atoms with Gasteiger partial charge in [-0.1, -0.05) is 6.08 Å². The molecule has 1 saturated heterocycles. The minimum absolute atomic E-state index is 0.710. The number of nitrogens with zero attached hydrogens (tertiary/aromatic N) is 4. The molecule has 0 bridgehead atoms. The second-order valence-corrected chi connectivity index (χ2v) is 9.14. The Morgan fingerprint density at radius 3 is 2.35 bits per heavy atom. The molecule has 6 rings (SSSR count). The molecule has 174 valence electrons. The minimum Gasteiger partial charge on any atom is -0.498 e. The molecule has 0 saturated carbocycles. The van der Waals surface area contributed by atoms with Gasteiger partial charge in [0.25, 0.3) is 0 Å². The van der Waals surface area contributed by atoms with E-state index in [1.165, 1.54) is 11.3 Å². The van der Waals surface area contributed by atoms with Crippen LogP contribution in [0, 0.1) is 0 Å². The Morgan fingerprint density at radius 2 is 1.59 bits per heavy atom. The monoisotopic (exact) mass is 454 g/mol. The van der Waals surface area contributed by atoms with Crippen LogP contribution in [0.3, 0.4) is 0 Å². The van der Waals surface area contributed by atoms with Gasteiger partial charge in [-0.05, 0) is 68.4 Å². The lowest BCUT2D eigenvalue weighted by atomic mass is 10.0. The van der Waals surface area contributed by atoms with E-state index < -0.39 is 0 Å². The van der Waals surface area contributed by atoms with E-state index in [9.17, 15) is 0 Å².